The van der Waals surface area contributed by atoms with Gasteiger partial charge >= 0.3 is 0 Å². The lowest BCUT2D eigenvalue weighted by atomic mass is 10.0. The van der Waals surface area contributed by atoms with E-state index in [0.717, 1.165) is 12.3 Å². The lowest BCUT2D eigenvalue weighted by Gasteiger charge is -2.18. The van der Waals surface area contributed by atoms with Crippen molar-refractivity contribution < 1.29 is 4.74 Å². The Kier molecular flexibility index (Phi) is 6.34. The zero-order valence-corrected chi connectivity index (χ0v) is 11.1. The predicted molar refractivity (Wildman–Crippen MR) is 72.4 cm³/mol. The predicted octanol–water partition coefficient (Wildman–Crippen LogP) is 3.10. The molecule has 90 valence electrons. The molecule has 3 heteroatoms. The van der Waals surface area contributed by atoms with Gasteiger partial charge in [-0.25, -0.2) is 0 Å². The van der Waals surface area contributed by atoms with E-state index in [4.69, 9.17) is 4.74 Å². The van der Waals surface area contributed by atoms with Crippen molar-refractivity contribution in [1.29, 1.82) is 0 Å². The molecule has 0 fully saturated rings. The van der Waals surface area contributed by atoms with Crippen LogP contribution in [0.4, 0.5) is 0 Å². The highest BCUT2D eigenvalue weighted by Crippen LogP contribution is 2.21. The quantitative estimate of drug-likeness (QED) is 0.790. The summed E-state index contributed by atoms with van der Waals surface area (Å²) >= 11 is 1.89. The first-order valence-corrected chi connectivity index (χ1v) is 7.07. The van der Waals surface area contributed by atoms with Crippen LogP contribution in [0.15, 0.2) is 24.3 Å². The number of hydrogen-bond acceptors (Lipinski definition) is 3. The Hall–Kier alpha value is -0.670. The first kappa shape index (κ1) is 13.4. The molecule has 16 heavy (non-hydrogen) atoms. The van der Waals surface area contributed by atoms with Crippen LogP contribution in [0.2, 0.25) is 0 Å². The number of rotatable bonds is 7. The number of benzene rings is 1. The Morgan fingerprint density at radius 1 is 1.31 bits per heavy atom. The first-order chi connectivity index (χ1) is 7.81. The highest BCUT2D eigenvalue weighted by molar-refractivity contribution is 7.98. The third kappa shape index (κ3) is 4.06. The van der Waals surface area contributed by atoms with Crippen LogP contribution in [-0.2, 0) is 0 Å². The van der Waals surface area contributed by atoms with Crippen molar-refractivity contribution in [3.05, 3.63) is 29.8 Å². The van der Waals surface area contributed by atoms with E-state index >= 15 is 0 Å². The standard InChI is InChI=1S/C13H21NOS/c1-4-14-13(9-10-16-3)11-5-7-12(15-2)8-6-11/h5-8,13-14H,4,9-10H2,1-3H3. The molecule has 0 spiro atoms. The molecule has 0 saturated carbocycles. The smallest absolute Gasteiger partial charge is 0.118 e. The van der Waals surface area contributed by atoms with Gasteiger partial charge in [-0.2, -0.15) is 11.8 Å². The number of ether oxygens (including phenoxy) is 1. The largest absolute Gasteiger partial charge is 0.497 e. The number of methoxy groups -OCH3 is 1. The van der Waals surface area contributed by atoms with Gasteiger partial charge in [0.05, 0.1) is 7.11 Å². The van der Waals surface area contributed by atoms with Crippen molar-refractivity contribution >= 4 is 11.8 Å². The second kappa shape index (κ2) is 7.58. The minimum atomic E-state index is 0.461. The minimum absolute atomic E-state index is 0.461. The fourth-order valence-corrected chi connectivity index (χ4v) is 2.18. The normalized spacial score (nSPS) is 12.4. The van der Waals surface area contributed by atoms with Gasteiger partial charge in [-0.15, -0.1) is 0 Å². The van der Waals surface area contributed by atoms with E-state index < -0.39 is 0 Å². The molecule has 0 amide bonds. The average Bonchev–Trinajstić information content (AvgIpc) is 2.35. The third-order valence-electron chi connectivity index (χ3n) is 2.58. The van der Waals surface area contributed by atoms with Gasteiger partial charge in [0.2, 0.25) is 0 Å². The molecular weight excluding hydrogens is 218 g/mol. The van der Waals surface area contributed by atoms with Crippen molar-refractivity contribution in [2.75, 3.05) is 25.7 Å². The van der Waals surface area contributed by atoms with Crippen LogP contribution in [-0.4, -0.2) is 25.7 Å². The summed E-state index contributed by atoms with van der Waals surface area (Å²) < 4.78 is 5.17. The first-order valence-electron chi connectivity index (χ1n) is 5.68. The maximum atomic E-state index is 5.17. The van der Waals surface area contributed by atoms with Gasteiger partial charge < -0.3 is 10.1 Å². The van der Waals surface area contributed by atoms with Crippen molar-refractivity contribution in [2.24, 2.45) is 0 Å². The van der Waals surface area contributed by atoms with E-state index in [1.54, 1.807) is 7.11 Å². The summed E-state index contributed by atoms with van der Waals surface area (Å²) in [5, 5.41) is 3.52. The molecule has 0 bridgehead atoms. The summed E-state index contributed by atoms with van der Waals surface area (Å²) in [5.74, 6) is 2.10. The van der Waals surface area contributed by atoms with Crippen LogP contribution < -0.4 is 10.1 Å². The van der Waals surface area contributed by atoms with E-state index in [9.17, 15) is 0 Å². The molecular formula is C13H21NOS. The monoisotopic (exact) mass is 239 g/mol. The third-order valence-corrected chi connectivity index (χ3v) is 3.22. The molecule has 0 aliphatic carbocycles. The zero-order chi connectivity index (χ0) is 11.8. The van der Waals surface area contributed by atoms with Crippen molar-refractivity contribution in [1.82, 2.24) is 5.32 Å². The van der Waals surface area contributed by atoms with Gasteiger partial charge in [0.25, 0.3) is 0 Å². The highest BCUT2D eigenvalue weighted by atomic mass is 32.2. The molecule has 0 saturated heterocycles. The Morgan fingerprint density at radius 3 is 2.50 bits per heavy atom. The van der Waals surface area contributed by atoms with Crippen molar-refractivity contribution in [3.63, 3.8) is 0 Å². The van der Waals surface area contributed by atoms with Crippen LogP contribution in [0.5, 0.6) is 5.75 Å². The molecule has 1 unspecified atom stereocenters. The number of hydrogen-bond donors (Lipinski definition) is 1. The Morgan fingerprint density at radius 2 is 2.00 bits per heavy atom. The minimum Gasteiger partial charge on any atom is -0.497 e. The molecule has 0 heterocycles. The van der Waals surface area contributed by atoms with Crippen LogP contribution in [0.3, 0.4) is 0 Å². The number of nitrogens with one attached hydrogen (secondary N) is 1. The molecule has 1 atom stereocenters. The van der Waals surface area contributed by atoms with Crippen molar-refractivity contribution in [3.8, 4) is 5.75 Å². The van der Waals surface area contributed by atoms with Gasteiger partial charge in [-0.3, -0.25) is 0 Å². The van der Waals surface area contributed by atoms with Crippen molar-refractivity contribution in [2.45, 2.75) is 19.4 Å². The molecule has 2 nitrogen and oxygen atoms in total. The van der Waals surface area contributed by atoms with Gasteiger partial charge in [0, 0.05) is 6.04 Å². The summed E-state index contributed by atoms with van der Waals surface area (Å²) in [6, 6.07) is 8.81. The van der Waals surface area contributed by atoms with Crippen LogP contribution in [0, 0.1) is 0 Å². The number of thioether (sulfide) groups is 1. The van der Waals surface area contributed by atoms with E-state index in [1.807, 2.05) is 23.9 Å². The molecule has 1 N–H and O–H groups in total. The van der Waals surface area contributed by atoms with Crippen LogP contribution in [0.1, 0.15) is 24.9 Å². The average molecular weight is 239 g/mol. The van der Waals surface area contributed by atoms with Gasteiger partial charge in [0.15, 0.2) is 0 Å². The maximum absolute atomic E-state index is 5.17. The van der Waals surface area contributed by atoms with E-state index in [2.05, 4.69) is 30.6 Å². The Balaban J connectivity index is 2.67. The Bertz CT molecular complexity index is 286. The fourth-order valence-electron chi connectivity index (χ4n) is 1.70. The summed E-state index contributed by atoms with van der Waals surface area (Å²) in [5.41, 5.74) is 1.34. The highest BCUT2D eigenvalue weighted by Gasteiger charge is 2.09. The lowest BCUT2D eigenvalue weighted by Crippen LogP contribution is -2.21. The zero-order valence-electron chi connectivity index (χ0n) is 10.3. The topological polar surface area (TPSA) is 21.3 Å². The molecule has 0 aliphatic rings. The molecule has 0 aromatic heterocycles. The van der Waals surface area contributed by atoms with E-state index in [0.29, 0.717) is 6.04 Å². The molecule has 1 aromatic carbocycles. The lowest BCUT2D eigenvalue weighted by molar-refractivity contribution is 0.414. The second-order valence-electron chi connectivity index (χ2n) is 3.66. The summed E-state index contributed by atoms with van der Waals surface area (Å²) in [6.07, 6.45) is 3.32. The summed E-state index contributed by atoms with van der Waals surface area (Å²) in [7, 11) is 1.70. The molecule has 1 rings (SSSR count). The van der Waals surface area contributed by atoms with E-state index in [1.165, 1.54) is 17.7 Å². The maximum Gasteiger partial charge on any atom is 0.118 e. The van der Waals surface area contributed by atoms with Crippen LogP contribution in [0.25, 0.3) is 0 Å². The molecule has 0 radical (unpaired) electrons. The van der Waals surface area contributed by atoms with Crippen LogP contribution >= 0.6 is 11.8 Å². The van der Waals surface area contributed by atoms with Gasteiger partial charge in [0.1, 0.15) is 5.75 Å². The fraction of sp³-hybridized carbons (Fsp3) is 0.538. The van der Waals surface area contributed by atoms with Gasteiger partial charge in [-0.05, 0) is 42.7 Å². The Labute approximate surface area is 103 Å². The second-order valence-corrected chi connectivity index (χ2v) is 4.65. The summed E-state index contributed by atoms with van der Waals surface area (Å²) in [4.78, 5) is 0. The van der Waals surface area contributed by atoms with E-state index in [-0.39, 0.29) is 0 Å². The summed E-state index contributed by atoms with van der Waals surface area (Å²) in [6.45, 7) is 3.15. The molecule has 1 aromatic rings. The van der Waals surface area contributed by atoms with Gasteiger partial charge in [-0.1, -0.05) is 19.1 Å². The molecule has 0 aliphatic heterocycles. The SMILES string of the molecule is CCNC(CCSC)c1ccc(OC)cc1.